The molecule has 2 N–H and O–H groups in total. The van der Waals surface area contributed by atoms with Gasteiger partial charge in [0.1, 0.15) is 12.2 Å². The Balaban J connectivity index is 2.19. The van der Waals surface area contributed by atoms with Gasteiger partial charge in [-0.05, 0) is 12.1 Å². The third-order valence-corrected chi connectivity index (χ3v) is 3.35. The number of methoxy groups -OCH3 is 2. The highest BCUT2D eigenvalue weighted by molar-refractivity contribution is 5.97. The smallest absolute Gasteiger partial charge is 0.257 e. The maximum atomic E-state index is 12.3. The van der Waals surface area contributed by atoms with Crippen LogP contribution in [0.25, 0.3) is 0 Å². The first kappa shape index (κ1) is 13.6. The van der Waals surface area contributed by atoms with Crippen molar-refractivity contribution in [2.24, 2.45) is 0 Å². The number of para-hydroxylation sites is 1. The van der Waals surface area contributed by atoms with Crippen LogP contribution >= 0.6 is 0 Å². The van der Waals surface area contributed by atoms with E-state index in [1.165, 1.54) is 23.1 Å². The molecular weight excluding hydrogens is 250 g/mol. The van der Waals surface area contributed by atoms with Crippen molar-refractivity contribution in [1.82, 2.24) is 4.90 Å². The number of ether oxygens (including phenoxy) is 2. The molecule has 0 bridgehead atoms. The highest BCUT2D eigenvalue weighted by Crippen LogP contribution is 2.30. The summed E-state index contributed by atoms with van der Waals surface area (Å²) in [5.74, 6) is -1.06. The van der Waals surface area contributed by atoms with E-state index in [2.05, 4.69) is 0 Å². The topological polar surface area (TPSA) is 79.2 Å². The van der Waals surface area contributed by atoms with Gasteiger partial charge in [-0.2, -0.15) is 0 Å². The molecule has 104 valence electrons. The minimum atomic E-state index is -0.401. The van der Waals surface area contributed by atoms with Gasteiger partial charge in [-0.3, -0.25) is 4.79 Å². The minimum absolute atomic E-state index is 0.0756. The summed E-state index contributed by atoms with van der Waals surface area (Å²) in [5, 5.41) is 19.1. The molecule has 6 heteroatoms. The van der Waals surface area contributed by atoms with Gasteiger partial charge >= 0.3 is 0 Å². The number of phenolic OH excluding ortho intramolecular Hbond substituents is 2. The van der Waals surface area contributed by atoms with Crippen LogP contribution in [0.3, 0.4) is 0 Å². The van der Waals surface area contributed by atoms with E-state index in [4.69, 9.17) is 9.47 Å². The Morgan fingerprint density at radius 1 is 1.21 bits per heavy atom. The van der Waals surface area contributed by atoms with Gasteiger partial charge in [-0.25, -0.2) is 0 Å². The highest BCUT2D eigenvalue weighted by atomic mass is 16.5. The standard InChI is InChI=1S/C13H17NO5/c1-18-10-6-14(7-11(10)19-2)13(17)8-4-3-5-9(15)12(8)16/h3-5,10-11,15-16H,6-7H2,1-2H3. The van der Waals surface area contributed by atoms with Crippen LogP contribution in [0.1, 0.15) is 10.4 Å². The van der Waals surface area contributed by atoms with Crippen molar-refractivity contribution in [3.8, 4) is 11.5 Å². The van der Waals surface area contributed by atoms with Crippen molar-refractivity contribution >= 4 is 5.91 Å². The number of hydrogen-bond acceptors (Lipinski definition) is 5. The summed E-state index contributed by atoms with van der Waals surface area (Å²) in [6.45, 7) is 0.784. The lowest BCUT2D eigenvalue weighted by atomic mass is 10.1. The second-order valence-electron chi connectivity index (χ2n) is 4.43. The summed E-state index contributed by atoms with van der Waals surface area (Å²) in [4.78, 5) is 13.8. The van der Waals surface area contributed by atoms with Gasteiger partial charge in [0.2, 0.25) is 0 Å². The molecule has 0 spiro atoms. The van der Waals surface area contributed by atoms with Gasteiger partial charge in [0, 0.05) is 27.3 Å². The lowest BCUT2D eigenvalue weighted by Crippen LogP contribution is -2.30. The number of carbonyl (C=O) groups is 1. The Morgan fingerprint density at radius 2 is 1.79 bits per heavy atom. The fourth-order valence-electron chi connectivity index (χ4n) is 2.24. The molecular formula is C13H17NO5. The van der Waals surface area contributed by atoms with Crippen LogP contribution < -0.4 is 0 Å². The third kappa shape index (κ3) is 2.50. The largest absolute Gasteiger partial charge is 0.504 e. The minimum Gasteiger partial charge on any atom is -0.504 e. The van der Waals surface area contributed by atoms with Gasteiger partial charge in [0.25, 0.3) is 5.91 Å². The van der Waals surface area contributed by atoms with E-state index in [9.17, 15) is 15.0 Å². The zero-order valence-electron chi connectivity index (χ0n) is 10.9. The van der Waals surface area contributed by atoms with Crippen LogP contribution in [-0.4, -0.2) is 60.5 Å². The van der Waals surface area contributed by atoms with Gasteiger partial charge in [-0.1, -0.05) is 6.07 Å². The van der Waals surface area contributed by atoms with E-state index in [1.54, 1.807) is 14.2 Å². The summed E-state index contributed by atoms with van der Waals surface area (Å²) < 4.78 is 10.5. The molecule has 1 aromatic carbocycles. The first-order valence-electron chi connectivity index (χ1n) is 5.94. The molecule has 1 amide bonds. The molecule has 1 aromatic rings. The highest BCUT2D eigenvalue weighted by Gasteiger charge is 2.36. The molecule has 2 atom stereocenters. The fraction of sp³-hybridized carbons (Fsp3) is 0.462. The van der Waals surface area contributed by atoms with Crippen LogP contribution in [0.2, 0.25) is 0 Å². The van der Waals surface area contributed by atoms with E-state index < -0.39 is 5.75 Å². The van der Waals surface area contributed by atoms with Crippen LogP contribution in [0.5, 0.6) is 11.5 Å². The number of hydrogen-bond donors (Lipinski definition) is 2. The number of rotatable bonds is 3. The van der Waals surface area contributed by atoms with E-state index >= 15 is 0 Å². The summed E-state index contributed by atoms with van der Waals surface area (Å²) >= 11 is 0. The van der Waals surface area contributed by atoms with Crippen molar-refractivity contribution in [3.63, 3.8) is 0 Å². The average molecular weight is 267 g/mol. The first-order chi connectivity index (χ1) is 9.08. The zero-order chi connectivity index (χ0) is 14.0. The average Bonchev–Trinajstić information content (AvgIpc) is 2.84. The Labute approximate surface area is 111 Å². The number of benzene rings is 1. The molecule has 6 nitrogen and oxygen atoms in total. The van der Waals surface area contributed by atoms with Crippen molar-refractivity contribution in [3.05, 3.63) is 23.8 Å². The summed E-state index contributed by atoms with van der Waals surface area (Å²) in [6, 6.07) is 4.31. The predicted molar refractivity (Wildman–Crippen MR) is 67.3 cm³/mol. The van der Waals surface area contributed by atoms with Gasteiger partial charge < -0.3 is 24.6 Å². The molecule has 2 unspecified atom stereocenters. The van der Waals surface area contributed by atoms with Crippen LogP contribution in [0.15, 0.2) is 18.2 Å². The van der Waals surface area contributed by atoms with Crippen molar-refractivity contribution in [2.45, 2.75) is 12.2 Å². The predicted octanol–water partition coefficient (Wildman–Crippen LogP) is 0.584. The number of likely N-dealkylation sites (tertiary alicyclic amines) is 1. The van der Waals surface area contributed by atoms with E-state index in [0.29, 0.717) is 13.1 Å². The molecule has 2 rings (SSSR count). The molecule has 0 saturated carbocycles. The molecule has 0 aliphatic carbocycles. The van der Waals surface area contributed by atoms with Crippen LogP contribution in [0, 0.1) is 0 Å². The molecule has 1 aliphatic rings. The van der Waals surface area contributed by atoms with Gasteiger partial charge in [-0.15, -0.1) is 0 Å². The number of aromatic hydroxyl groups is 2. The zero-order valence-corrected chi connectivity index (χ0v) is 10.9. The Bertz CT molecular complexity index is 464. The van der Waals surface area contributed by atoms with E-state index in [1.807, 2.05) is 0 Å². The normalized spacial score (nSPS) is 22.7. The second-order valence-corrected chi connectivity index (χ2v) is 4.43. The molecule has 0 aromatic heterocycles. The Morgan fingerprint density at radius 3 is 2.32 bits per heavy atom. The number of amides is 1. The third-order valence-electron chi connectivity index (χ3n) is 3.35. The van der Waals surface area contributed by atoms with Gasteiger partial charge in [0.05, 0.1) is 5.56 Å². The van der Waals surface area contributed by atoms with Gasteiger partial charge in [0.15, 0.2) is 11.5 Å². The van der Waals surface area contributed by atoms with Crippen molar-refractivity contribution in [1.29, 1.82) is 0 Å². The number of phenols is 2. The molecule has 1 fully saturated rings. The molecule has 0 radical (unpaired) electrons. The summed E-state index contributed by atoms with van der Waals surface area (Å²) in [7, 11) is 3.13. The summed E-state index contributed by atoms with van der Waals surface area (Å²) in [6.07, 6.45) is -0.373. The number of carbonyl (C=O) groups excluding carboxylic acids is 1. The lowest BCUT2D eigenvalue weighted by molar-refractivity contribution is -0.00461. The first-order valence-corrected chi connectivity index (χ1v) is 5.94. The van der Waals surface area contributed by atoms with Crippen molar-refractivity contribution in [2.75, 3.05) is 27.3 Å². The SMILES string of the molecule is COC1CN(C(=O)c2cccc(O)c2O)CC1OC. The maximum Gasteiger partial charge on any atom is 0.257 e. The summed E-state index contributed by atoms with van der Waals surface area (Å²) in [5.41, 5.74) is 0.0756. The van der Waals surface area contributed by atoms with Crippen molar-refractivity contribution < 1.29 is 24.5 Å². The quantitative estimate of drug-likeness (QED) is 0.783. The lowest BCUT2D eigenvalue weighted by Gasteiger charge is -2.16. The Kier molecular flexibility index (Phi) is 3.92. The molecule has 1 aliphatic heterocycles. The van der Waals surface area contributed by atoms with E-state index in [0.717, 1.165) is 0 Å². The van der Waals surface area contributed by atoms with E-state index in [-0.39, 0.29) is 29.4 Å². The van der Waals surface area contributed by atoms with Crippen LogP contribution in [0.4, 0.5) is 0 Å². The fourth-order valence-corrected chi connectivity index (χ4v) is 2.24. The number of nitrogens with zero attached hydrogens (tertiary/aromatic N) is 1. The molecule has 19 heavy (non-hydrogen) atoms. The Hall–Kier alpha value is -1.79. The monoisotopic (exact) mass is 267 g/mol. The molecule has 1 heterocycles. The second kappa shape index (κ2) is 5.46. The maximum absolute atomic E-state index is 12.3. The molecule has 1 saturated heterocycles. The van der Waals surface area contributed by atoms with Crippen LogP contribution in [-0.2, 0) is 9.47 Å².